The number of unbranched alkanes of at least 4 members (excludes halogenated alkanes) is 24. The van der Waals surface area contributed by atoms with E-state index in [1.54, 1.807) is 0 Å². The van der Waals surface area contributed by atoms with Gasteiger partial charge < -0.3 is 47.2 Å². The third-order valence-electron chi connectivity index (χ3n) is 10.2. The van der Waals surface area contributed by atoms with Gasteiger partial charge in [0.15, 0.2) is 0 Å². The zero-order valence-corrected chi connectivity index (χ0v) is 32.9. The number of nitrogens with zero attached hydrogens (tertiary/aromatic N) is 1. The van der Waals surface area contributed by atoms with Crippen LogP contribution in [0.2, 0.25) is 0 Å². The van der Waals surface area contributed by atoms with Gasteiger partial charge in [-0.05, 0) is 44.9 Å². The third-order valence-corrected chi connectivity index (χ3v) is 10.2. The predicted octanol–water partition coefficient (Wildman–Crippen LogP) is 5.46. The molecule has 48 heavy (non-hydrogen) atoms. The number of hydrogen-bond acceptors (Lipinski definition) is 6. The zero-order chi connectivity index (χ0) is 34.9. The quantitative estimate of drug-likeness (QED) is 0.0431. The summed E-state index contributed by atoms with van der Waals surface area (Å²) in [5.41, 5.74) is 0. The van der Waals surface area contributed by atoms with E-state index in [4.69, 9.17) is 9.84 Å². The predicted molar refractivity (Wildman–Crippen MR) is 199 cm³/mol. The Hall–Kier alpha value is 0.01000. The van der Waals surface area contributed by atoms with E-state index in [0.29, 0.717) is 6.61 Å². The SMILES string of the molecule is CCCCCCCCCCCCCC[N+](C)(CCCCCCCCCCCCCC)CCCCCOC[C@H](O)[C@@H](O)[C@@H](O)[C@H](O)CO.[Cl-]. The maximum Gasteiger partial charge on any atom is 0.111 e. The molecule has 0 fully saturated rings. The Labute approximate surface area is 304 Å². The van der Waals surface area contributed by atoms with Gasteiger partial charge in [-0.3, -0.25) is 0 Å². The monoisotopic (exact) mass is 710 g/mol. The third kappa shape index (κ3) is 30.8. The summed E-state index contributed by atoms with van der Waals surface area (Å²) in [6.07, 6.45) is 30.5. The fourth-order valence-corrected chi connectivity index (χ4v) is 6.74. The van der Waals surface area contributed by atoms with Gasteiger partial charge in [-0.15, -0.1) is 0 Å². The Bertz CT molecular complexity index is 603. The highest BCUT2D eigenvalue weighted by Crippen LogP contribution is 2.17. The van der Waals surface area contributed by atoms with Crippen LogP contribution in [-0.4, -0.2) is 101 Å². The number of ether oxygens (including phenoxy) is 1. The van der Waals surface area contributed by atoms with Gasteiger partial charge in [0.25, 0.3) is 0 Å². The molecule has 4 atom stereocenters. The van der Waals surface area contributed by atoms with Crippen molar-refractivity contribution in [2.45, 2.75) is 212 Å². The van der Waals surface area contributed by atoms with Gasteiger partial charge in [0, 0.05) is 6.61 Å². The number of rotatable bonds is 38. The molecule has 0 saturated carbocycles. The van der Waals surface area contributed by atoms with Gasteiger partial charge in [-0.2, -0.15) is 0 Å². The van der Waals surface area contributed by atoms with Gasteiger partial charge >= 0.3 is 0 Å². The van der Waals surface area contributed by atoms with Crippen LogP contribution in [0.25, 0.3) is 0 Å². The molecular weight excluding hydrogens is 626 g/mol. The van der Waals surface area contributed by atoms with Crippen molar-refractivity contribution < 1.29 is 47.2 Å². The summed E-state index contributed by atoms with van der Waals surface area (Å²) in [6, 6.07) is 0. The van der Waals surface area contributed by atoms with Crippen molar-refractivity contribution in [3.63, 3.8) is 0 Å². The summed E-state index contributed by atoms with van der Waals surface area (Å²) in [4.78, 5) is 0. The van der Waals surface area contributed by atoms with Crippen molar-refractivity contribution in [1.29, 1.82) is 0 Å². The Balaban J connectivity index is 0. The molecule has 0 aliphatic rings. The van der Waals surface area contributed by atoms with E-state index in [2.05, 4.69) is 20.9 Å². The van der Waals surface area contributed by atoms with E-state index in [-0.39, 0.29) is 19.0 Å². The maximum absolute atomic E-state index is 10.0. The first-order chi connectivity index (χ1) is 22.8. The summed E-state index contributed by atoms with van der Waals surface area (Å²) >= 11 is 0. The molecule has 5 N–H and O–H groups in total. The van der Waals surface area contributed by atoms with Gasteiger partial charge in [0.2, 0.25) is 0 Å². The smallest absolute Gasteiger partial charge is 0.111 e. The van der Waals surface area contributed by atoms with Gasteiger partial charge in [0.05, 0.1) is 39.9 Å². The molecule has 0 aromatic carbocycles. The second-order valence-electron chi connectivity index (χ2n) is 15.0. The molecule has 0 unspecified atom stereocenters. The molecule has 0 radical (unpaired) electrons. The number of quaternary nitrogens is 1. The highest BCUT2D eigenvalue weighted by Gasteiger charge is 2.30. The molecule has 7 nitrogen and oxygen atoms in total. The zero-order valence-electron chi connectivity index (χ0n) is 32.1. The van der Waals surface area contributed by atoms with Crippen LogP contribution < -0.4 is 12.4 Å². The summed E-state index contributed by atoms with van der Waals surface area (Å²) < 4.78 is 6.71. The van der Waals surface area contributed by atoms with Crippen LogP contribution in [0, 0.1) is 0 Å². The number of hydrogen-bond donors (Lipinski definition) is 5. The molecule has 0 amide bonds. The molecule has 0 aromatic heterocycles. The minimum atomic E-state index is -1.61. The normalized spacial score (nSPS) is 14.5. The highest BCUT2D eigenvalue weighted by atomic mass is 35.5. The molecule has 0 aliphatic carbocycles. The molecule has 0 saturated heterocycles. The van der Waals surface area contributed by atoms with E-state index in [1.807, 2.05) is 0 Å². The molecule has 8 heteroatoms. The van der Waals surface area contributed by atoms with Gasteiger partial charge in [0.1, 0.15) is 24.4 Å². The fourth-order valence-electron chi connectivity index (χ4n) is 6.74. The first kappa shape index (κ1) is 50.1. The summed E-state index contributed by atoms with van der Waals surface area (Å²) in [6.45, 7) is 8.02. The average Bonchev–Trinajstić information content (AvgIpc) is 3.07. The average molecular weight is 711 g/mol. The van der Waals surface area contributed by atoms with Crippen LogP contribution >= 0.6 is 0 Å². The summed E-state index contributed by atoms with van der Waals surface area (Å²) in [5.74, 6) is 0. The molecule has 0 rings (SSSR count). The second-order valence-corrected chi connectivity index (χ2v) is 15.0. The lowest BCUT2D eigenvalue weighted by Gasteiger charge is -2.35. The second kappa shape index (κ2) is 36.8. The van der Waals surface area contributed by atoms with Crippen molar-refractivity contribution in [1.82, 2.24) is 0 Å². The van der Waals surface area contributed by atoms with Crippen LogP contribution in [-0.2, 0) is 4.74 Å². The van der Waals surface area contributed by atoms with Crippen molar-refractivity contribution in [3.05, 3.63) is 0 Å². The lowest BCUT2D eigenvalue weighted by Crippen LogP contribution is -3.00. The van der Waals surface area contributed by atoms with Crippen LogP contribution in [0.15, 0.2) is 0 Å². The first-order valence-corrected chi connectivity index (χ1v) is 20.6. The molecule has 0 aliphatic heterocycles. The highest BCUT2D eigenvalue weighted by molar-refractivity contribution is 4.80. The van der Waals surface area contributed by atoms with Crippen molar-refractivity contribution in [3.8, 4) is 0 Å². The Morgan fingerprint density at radius 1 is 0.438 bits per heavy atom. The van der Waals surface area contributed by atoms with Crippen molar-refractivity contribution in [2.24, 2.45) is 0 Å². The van der Waals surface area contributed by atoms with Crippen molar-refractivity contribution >= 4 is 0 Å². The minimum Gasteiger partial charge on any atom is -1.00 e. The number of aliphatic hydroxyl groups excluding tert-OH is 5. The van der Waals surface area contributed by atoms with Crippen LogP contribution in [0.3, 0.4) is 0 Å². The molecule has 292 valence electrons. The van der Waals surface area contributed by atoms with Gasteiger partial charge in [-0.1, -0.05) is 142 Å². The van der Waals surface area contributed by atoms with E-state index in [1.165, 1.54) is 178 Å². The molecule has 0 heterocycles. The largest absolute Gasteiger partial charge is 1.00 e. The summed E-state index contributed by atoms with van der Waals surface area (Å²) in [7, 11) is 2.47. The van der Waals surface area contributed by atoms with Crippen LogP contribution in [0.1, 0.15) is 187 Å². The van der Waals surface area contributed by atoms with Crippen LogP contribution in [0.4, 0.5) is 0 Å². The molecular formula is C40H84ClNO6. The first-order valence-electron chi connectivity index (χ1n) is 20.6. The lowest BCUT2D eigenvalue weighted by atomic mass is 10.0. The van der Waals surface area contributed by atoms with E-state index >= 15 is 0 Å². The molecule has 0 aromatic rings. The topological polar surface area (TPSA) is 110 Å². The Morgan fingerprint density at radius 3 is 1.06 bits per heavy atom. The maximum atomic E-state index is 10.0. The van der Waals surface area contributed by atoms with E-state index < -0.39 is 31.0 Å². The fraction of sp³-hybridized carbons (Fsp3) is 1.00. The molecule has 0 spiro atoms. The molecule has 0 bridgehead atoms. The Morgan fingerprint density at radius 2 is 0.729 bits per heavy atom. The van der Waals surface area contributed by atoms with Crippen molar-refractivity contribution in [2.75, 3.05) is 46.5 Å². The van der Waals surface area contributed by atoms with Gasteiger partial charge in [-0.25, -0.2) is 0 Å². The standard InChI is InChI=1S/C40H84NO6.ClH/c1-4-6-8-10-12-14-16-18-20-22-24-27-31-41(3,32-28-25-23-21-19-17-15-13-11-9-7-5-2)33-29-26-30-34-47-36-38(44)40(46)39(45)37(43)35-42;/h37-40,42-46H,4-36H2,1-3H3;1H/q+1;/p-1/t37-,38+,39+,40-;/m1./s1. The minimum absolute atomic E-state index is 0. The summed E-state index contributed by atoms with van der Waals surface area (Å²) in [5, 5.41) is 48.1. The van der Waals surface area contributed by atoms with E-state index in [9.17, 15) is 20.4 Å². The lowest BCUT2D eigenvalue weighted by molar-refractivity contribution is -0.910. The van der Waals surface area contributed by atoms with E-state index in [0.717, 1.165) is 19.3 Å². The Kier molecular flexibility index (Phi) is 38.4. The number of aliphatic hydroxyl groups is 5. The number of halogens is 1. The van der Waals surface area contributed by atoms with Crippen LogP contribution in [0.5, 0.6) is 0 Å².